The van der Waals surface area contributed by atoms with Gasteiger partial charge in [0.25, 0.3) is 0 Å². The van der Waals surface area contributed by atoms with Crippen LogP contribution in [0.3, 0.4) is 0 Å². The zero-order valence-electron chi connectivity index (χ0n) is 17.0. The lowest BCUT2D eigenvalue weighted by atomic mass is 10.1. The standard InChI is InChI=1S/C22H18ClN5O4S/c23-15-11-9-14(10-12-15)20-13-17(16-5-1-2-6-18(16)28(30)22(24)29)26-27(20)19-7-3-4-8-21(19)33(25,31)32/h1-13,30H,(H2,24,29)(H2,25,31,32). The first-order valence-corrected chi connectivity index (χ1v) is 11.5. The molecule has 2 amide bonds. The molecule has 4 aromatic rings. The number of nitrogens with two attached hydrogens (primary N) is 2. The lowest BCUT2D eigenvalue weighted by molar-refractivity contribution is 0.212. The van der Waals surface area contributed by atoms with Crippen molar-refractivity contribution in [3.63, 3.8) is 0 Å². The van der Waals surface area contributed by atoms with Gasteiger partial charge in [0.15, 0.2) is 0 Å². The molecule has 0 bridgehead atoms. The topological polar surface area (TPSA) is 145 Å². The molecule has 9 nitrogen and oxygen atoms in total. The van der Waals surface area contributed by atoms with E-state index in [-0.39, 0.29) is 16.3 Å². The van der Waals surface area contributed by atoms with Gasteiger partial charge in [-0.05, 0) is 36.4 Å². The van der Waals surface area contributed by atoms with Gasteiger partial charge < -0.3 is 5.73 Å². The average molecular weight is 484 g/mol. The van der Waals surface area contributed by atoms with E-state index in [1.807, 2.05) is 0 Å². The van der Waals surface area contributed by atoms with Crippen molar-refractivity contribution in [2.75, 3.05) is 5.06 Å². The highest BCUT2D eigenvalue weighted by atomic mass is 35.5. The number of urea groups is 1. The number of sulfonamides is 1. The molecule has 0 saturated carbocycles. The van der Waals surface area contributed by atoms with E-state index in [9.17, 15) is 18.4 Å². The maximum Gasteiger partial charge on any atom is 0.343 e. The van der Waals surface area contributed by atoms with Crippen molar-refractivity contribution in [1.29, 1.82) is 0 Å². The largest absolute Gasteiger partial charge is 0.349 e. The smallest absolute Gasteiger partial charge is 0.343 e. The number of benzene rings is 3. The Morgan fingerprint density at radius 3 is 2.30 bits per heavy atom. The van der Waals surface area contributed by atoms with Crippen LogP contribution in [0.15, 0.2) is 83.8 Å². The molecule has 0 unspecified atom stereocenters. The van der Waals surface area contributed by atoms with E-state index in [1.165, 1.54) is 16.8 Å². The second kappa shape index (κ2) is 8.68. The van der Waals surface area contributed by atoms with Gasteiger partial charge >= 0.3 is 6.03 Å². The fraction of sp³-hybridized carbons (Fsp3) is 0. The SMILES string of the molecule is NC(=O)N(O)c1ccccc1-c1cc(-c2ccc(Cl)cc2)n(-c2ccccc2S(N)(=O)=O)n1. The molecule has 168 valence electrons. The van der Waals surface area contributed by atoms with Gasteiger partial charge in [-0.2, -0.15) is 10.2 Å². The maximum absolute atomic E-state index is 12.2. The van der Waals surface area contributed by atoms with Crippen molar-refractivity contribution in [2.24, 2.45) is 10.9 Å². The number of anilines is 1. The number of carbonyl (C=O) groups is 1. The first-order valence-electron chi connectivity index (χ1n) is 9.53. The van der Waals surface area contributed by atoms with E-state index in [4.69, 9.17) is 22.5 Å². The van der Waals surface area contributed by atoms with Crippen LogP contribution >= 0.6 is 11.6 Å². The highest BCUT2D eigenvalue weighted by Gasteiger charge is 2.22. The van der Waals surface area contributed by atoms with Crippen LogP contribution in [-0.2, 0) is 10.0 Å². The number of amides is 2. The summed E-state index contributed by atoms with van der Waals surface area (Å²) < 4.78 is 25.9. The molecule has 4 rings (SSSR count). The van der Waals surface area contributed by atoms with Crippen LogP contribution in [0.5, 0.6) is 0 Å². The van der Waals surface area contributed by atoms with E-state index in [0.29, 0.717) is 32.6 Å². The average Bonchev–Trinajstić information content (AvgIpc) is 3.23. The van der Waals surface area contributed by atoms with Crippen LogP contribution in [0.4, 0.5) is 10.5 Å². The zero-order chi connectivity index (χ0) is 23.8. The Morgan fingerprint density at radius 1 is 1.00 bits per heavy atom. The van der Waals surface area contributed by atoms with Gasteiger partial charge in [-0.3, -0.25) is 5.21 Å². The van der Waals surface area contributed by atoms with Crippen molar-refractivity contribution in [1.82, 2.24) is 9.78 Å². The highest BCUT2D eigenvalue weighted by Crippen LogP contribution is 2.35. The monoisotopic (exact) mass is 483 g/mol. The summed E-state index contributed by atoms with van der Waals surface area (Å²) in [5.41, 5.74) is 7.52. The van der Waals surface area contributed by atoms with E-state index < -0.39 is 16.1 Å². The molecular formula is C22H18ClN5O4S. The predicted molar refractivity (Wildman–Crippen MR) is 125 cm³/mol. The molecule has 0 atom stereocenters. The van der Waals surface area contributed by atoms with Crippen molar-refractivity contribution in [3.8, 4) is 28.2 Å². The fourth-order valence-corrected chi connectivity index (χ4v) is 4.23. The number of hydrogen-bond donors (Lipinski definition) is 3. The van der Waals surface area contributed by atoms with Gasteiger partial charge in [-0.1, -0.05) is 54.1 Å². The number of hydroxylamine groups is 1. The molecule has 0 aliphatic rings. The molecule has 0 radical (unpaired) electrons. The molecule has 0 saturated heterocycles. The number of rotatable bonds is 5. The first kappa shape index (κ1) is 22.5. The third kappa shape index (κ3) is 4.45. The minimum Gasteiger partial charge on any atom is -0.349 e. The second-order valence-corrected chi connectivity index (χ2v) is 8.98. The number of primary amides is 1. The molecule has 0 aliphatic heterocycles. The summed E-state index contributed by atoms with van der Waals surface area (Å²) in [6.45, 7) is 0. The van der Waals surface area contributed by atoms with Crippen molar-refractivity contribution < 1.29 is 18.4 Å². The van der Waals surface area contributed by atoms with Crippen molar-refractivity contribution >= 4 is 33.3 Å². The molecule has 3 aromatic carbocycles. The maximum atomic E-state index is 12.2. The van der Waals surface area contributed by atoms with Crippen LogP contribution in [0.1, 0.15) is 0 Å². The lowest BCUT2D eigenvalue weighted by Gasteiger charge is -2.15. The third-order valence-electron chi connectivity index (χ3n) is 4.87. The molecule has 0 fully saturated rings. The van der Waals surface area contributed by atoms with Gasteiger partial charge in [-0.25, -0.2) is 23.0 Å². The minimum atomic E-state index is -4.07. The quantitative estimate of drug-likeness (QED) is 0.292. The number of aromatic nitrogens is 2. The summed E-state index contributed by atoms with van der Waals surface area (Å²) in [6.07, 6.45) is 0. The van der Waals surface area contributed by atoms with Crippen molar-refractivity contribution in [3.05, 3.63) is 83.9 Å². The van der Waals surface area contributed by atoms with Crippen LogP contribution in [0.2, 0.25) is 5.02 Å². The molecule has 0 spiro atoms. The second-order valence-electron chi connectivity index (χ2n) is 7.01. The molecular weight excluding hydrogens is 466 g/mol. The Hall–Kier alpha value is -3.70. The van der Waals surface area contributed by atoms with E-state index in [0.717, 1.165) is 0 Å². The van der Waals surface area contributed by atoms with E-state index in [1.54, 1.807) is 66.7 Å². The zero-order valence-corrected chi connectivity index (χ0v) is 18.5. The van der Waals surface area contributed by atoms with Crippen LogP contribution in [0.25, 0.3) is 28.2 Å². The summed E-state index contributed by atoms with van der Waals surface area (Å²) >= 11 is 6.03. The Morgan fingerprint density at radius 2 is 1.64 bits per heavy atom. The molecule has 1 aromatic heterocycles. The molecule has 1 heterocycles. The summed E-state index contributed by atoms with van der Waals surface area (Å²) in [5.74, 6) is 0. The predicted octanol–water partition coefficient (Wildman–Crippen LogP) is 3.78. The molecule has 5 N–H and O–H groups in total. The Bertz CT molecular complexity index is 1450. The number of nitrogens with zero attached hydrogens (tertiary/aromatic N) is 3. The molecule has 11 heteroatoms. The van der Waals surface area contributed by atoms with Crippen LogP contribution < -0.4 is 15.9 Å². The molecule has 33 heavy (non-hydrogen) atoms. The normalized spacial score (nSPS) is 11.4. The van der Waals surface area contributed by atoms with Gasteiger partial charge in [0.1, 0.15) is 4.90 Å². The van der Waals surface area contributed by atoms with Gasteiger partial charge in [0, 0.05) is 16.1 Å². The van der Waals surface area contributed by atoms with E-state index >= 15 is 0 Å². The number of primary sulfonamides is 1. The van der Waals surface area contributed by atoms with E-state index in [2.05, 4.69) is 5.10 Å². The minimum absolute atomic E-state index is 0.108. The number of halogens is 1. The number of hydrogen-bond acceptors (Lipinski definition) is 5. The van der Waals surface area contributed by atoms with Crippen LogP contribution in [-0.4, -0.2) is 29.4 Å². The Labute approximate surface area is 194 Å². The summed E-state index contributed by atoms with van der Waals surface area (Å²) in [6, 6.07) is 20.2. The summed E-state index contributed by atoms with van der Waals surface area (Å²) in [7, 11) is -4.07. The van der Waals surface area contributed by atoms with Crippen molar-refractivity contribution in [2.45, 2.75) is 4.90 Å². The number of carbonyl (C=O) groups excluding carboxylic acids is 1. The van der Waals surface area contributed by atoms with Gasteiger partial charge in [0.2, 0.25) is 10.0 Å². The number of para-hydroxylation sites is 2. The fourth-order valence-electron chi connectivity index (χ4n) is 3.39. The van der Waals surface area contributed by atoms with Crippen LogP contribution in [0, 0.1) is 0 Å². The lowest BCUT2D eigenvalue weighted by Crippen LogP contribution is -2.32. The first-order chi connectivity index (χ1) is 15.7. The van der Waals surface area contributed by atoms with Gasteiger partial charge in [-0.15, -0.1) is 0 Å². The summed E-state index contributed by atoms with van der Waals surface area (Å²) in [4.78, 5) is 11.4. The van der Waals surface area contributed by atoms with Gasteiger partial charge in [0.05, 0.1) is 22.8 Å². The Kier molecular flexibility index (Phi) is 5.91. The third-order valence-corrected chi connectivity index (χ3v) is 6.08. The highest BCUT2D eigenvalue weighted by molar-refractivity contribution is 7.89. The molecule has 0 aliphatic carbocycles. The Balaban J connectivity index is 2.01. The summed E-state index contributed by atoms with van der Waals surface area (Å²) in [5, 5.41) is 21.0.